The Balaban J connectivity index is 2.87. The highest BCUT2D eigenvalue weighted by atomic mass is 79.9. The molecular formula is C6H6BrNO3S. The lowest BCUT2D eigenvalue weighted by Crippen LogP contribution is -1.98. The summed E-state index contributed by atoms with van der Waals surface area (Å²) in [7, 11) is 0. The molecular weight excluding hydrogens is 246 g/mol. The van der Waals surface area contributed by atoms with E-state index in [-0.39, 0.29) is 6.42 Å². The van der Waals surface area contributed by atoms with E-state index in [1.165, 1.54) is 11.8 Å². The van der Waals surface area contributed by atoms with Crippen molar-refractivity contribution in [1.29, 1.82) is 0 Å². The summed E-state index contributed by atoms with van der Waals surface area (Å²) in [4.78, 5) is 10.3. The number of halogens is 1. The summed E-state index contributed by atoms with van der Waals surface area (Å²) in [5.41, 5.74) is 0. The standard InChI is InChI=1S/C6H6BrNO3S/c1-12-6-5(7)3(11-8-6)2-4(9)10/h2H2,1H3,(H,9,10). The fourth-order valence-corrected chi connectivity index (χ4v) is 1.85. The third-order valence-corrected chi connectivity index (χ3v) is 2.92. The summed E-state index contributed by atoms with van der Waals surface area (Å²) in [5, 5.41) is 12.8. The molecule has 0 spiro atoms. The van der Waals surface area contributed by atoms with Crippen molar-refractivity contribution in [2.75, 3.05) is 6.26 Å². The lowest BCUT2D eigenvalue weighted by atomic mass is 10.3. The Kier molecular flexibility index (Phi) is 3.16. The maximum atomic E-state index is 10.3. The van der Waals surface area contributed by atoms with Crippen LogP contribution in [-0.2, 0) is 11.2 Å². The number of carboxylic acids is 1. The Hall–Kier alpha value is -0.490. The molecule has 1 aromatic heterocycles. The maximum Gasteiger partial charge on any atom is 0.311 e. The first kappa shape index (κ1) is 9.60. The lowest BCUT2D eigenvalue weighted by molar-refractivity contribution is -0.136. The molecule has 0 aliphatic heterocycles. The minimum Gasteiger partial charge on any atom is -0.481 e. The van der Waals surface area contributed by atoms with Crippen molar-refractivity contribution in [3.8, 4) is 0 Å². The first-order valence-electron chi connectivity index (χ1n) is 3.05. The van der Waals surface area contributed by atoms with E-state index >= 15 is 0 Å². The van der Waals surface area contributed by atoms with Gasteiger partial charge in [0.25, 0.3) is 0 Å². The predicted octanol–water partition coefficient (Wildman–Crippen LogP) is 1.79. The van der Waals surface area contributed by atoms with E-state index in [4.69, 9.17) is 9.63 Å². The van der Waals surface area contributed by atoms with Crippen molar-refractivity contribution in [2.45, 2.75) is 11.4 Å². The Morgan fingerprint density at radius 1 is 1.83 bits per heavy atom. The van der Waals surface area contributed by atoms with Gasteiger partial charge in [-0.15, -0.1) is 11.8 Å². The van der Waals surface area contributed by atoms with Crippen molar-refractivity contribution in [3.63, 3.8) is 0 Å². The Bertz CT molecular complexity index is 299. The van der Waals surface area contributed by atoms with Gasteiger partial charge in [-0.2, -0.15) is 0 Å². The number of aliphatic carboxylic acids is 1. The SMILES string of the molecule is CSc1noc(CC(=O)O)c1Br. The number of carbonyl (C=O) groups is 1. The molecule has 0 unspecified atom stereocenters. The van der Waals surface area contributed by atoms with Crippen LogP contribution < -0.4 is 0 Å². The van der Waals surface area contributed by atoms with Gasteiger partial charge in [0, 0.05) is 0 Å². The smallest absolute Gasteiger partial charge is 0.311 e. The van der Waals surface area contributed by atoms with Crippen LogP contribution in [0.5, 0.6) is 0 Å². The van der Waals surface area contributed by atoms with Crippen LogP contribution >= 0.6 is 27.7 Å². The van der Waals surface area contributed by atoms with Crippen LogP contribution in [0.25, 0.3) is 0 Å². The Morgan fingerprint density at radius 2 is 2.50 bits per heavy atom. The van der Waals surface area contributed by atoms with Crippen molar-refractivity contribution >= 4 is 33.7 Å². The highest BCUT2D eigenvalue weighted by Crippen LogP contribution is 2.28. The summed E-state index contributed by atoms with van der Waals surface area (Å²) in [6.45, 7) is 0. The number of rotatable bonds is 3. The number of hydrogen-bond acceptors (Lipinski definition) is 4. The molecule has 4 nitrogen and oxygen atoms in total. The Morgan fingerprint density at radius 3 is 2.92 bits per heavy atom. The molecule has 0 fully saturated rings. The van der Waals surface area contributed by atoms with Crippen LogP contribution in [0.15, 0.2) is 14.0 Å². The molecule has 0 aliphatic carbocycles. The summed E-state index contributed by atoms with van der Waals surface area (Å²) in [6.07, 6.45) is 1.70. The molecule has 0 aromatic carbocycles. The molecule has 1 aromatic rings. The number of aromatic nitrogens is 1. The van der Waals surface area contributed by atoms with Gasteiger partial charge in [0.15, 0.2) is 10.8 Å². The average Bonchev–Trinajstić information content (AvgIpc) is 2.32. The second kappa shape index (κ2) is 3.95. The number of nitrogens with zero attached hydrogens (tertiary/aromatic N) is 1. The van der Waals surface area contributed by atoms with Crippen LogP contribution in [0.3, 0.4) is 0 Å². The summed E-state index contributed by atoms with van der Waals surface area (Å²) < 4.78 is 5.44. The normalized spacial score (nSPS) is 10.2. The summed E-state index contributed by atoms with van der Waals surface area (Å²) in [6, 6.07) is 0. The van der Waals surface area contributed by atoms with E-state index in [1.807, 2.05) is 6.26 Å². The van der Waals surface area contributed by atoms with Gasteiger partial charge in [-0.3, -0.25) is 4.79 Å². The third kappa shape index (κ3) is 2.01. The highest BCUT2D eigenvalue weighted by molar-refractivity contribution is 9.10. The second-order valence-corrected chi connectivity index (χ2v) is 3.59. The first-order valence-corrected chi connectivity index (χ1v) is 5.06. The predicted molar refractivity (Wildman–Crippen MR) is 47.3 cm³/mol. The van der Waals surface area contributed by atoms with Gasteiger partial charge in [-0.1, -0.05) is 5.16 Å². The van der Waals surface area contributed by atoms with Crippen LogP contribution in [0.1, 0.15) is 5.76 Å². The molecule has 12 heavy (non-hydrogen) atoms. The molecule has 0 amide bonds. The summed E-state index contributed by atoms with van der Waals surface area (Å²) >= 11 is 4.60. The first-order chi connectivity index (χ1) is 5.65. The number of carboxylic acid groups (broad SMARTS) is 1. The zero-order valence-corrected chi connectivity index (χ0v) is 8.61. The van der Waals surface area contributed by atoms with E-state index in [1.54, 1.807) is 0 Å². The van der Waals surface area contributed by atoms with Gasteiger partial charge in [0.05, 0.1) is 4.47 Å². The lowest BCUT2D eigenvalue weighted by Gasteiger charge is -1.89. The minimum absolute atomic E-state index is 0.145. The van der Waals surface area contributed by atoms with Crippen LogP contribution in [0, 0.1) is 0 Å². The molecule has 66 valence electrons. The molecule has 6 heteroatoms. The van der Waals surface area contributed by atoms with Gasteiger partial charge in [0.2, 0.25) is 0 Å². The zero-order valence-electron chi connectivity index (χ0n) is 6.20. The molecule has 0 saturated heterocycles. The molecule has 1 heterocycles. The second-order valence-electron chi connectivity index (χ2n) is 2.00. The maximum absolute atomic E-state index is 10.3. The van der Waals surface area contributed by atoms with Crippen LogP contribution in [0.2, 0.25) is 0 Å². The fourth-order valence-electron chi connectivity index (χ4n) is 0.670. The van der Waals surface area contributed by atoms with Gasteiger partial charge in [-0.05, 0) is 22.2 Å². The van der Waals surface area contributed by atoms with E-state index < -0.39 is 5.97 Å². The average molecular weight is 252 g/mol. The molecule has 1 rings (SSSR count). The molecule has 0 atom stereocenters. The van der Waals surface area contributed by atoms with E-state index in [0.29, 0.717) is 15.3 Å². The highest BCUT2D eigenvalue weighted by Gasteiger charge is 2.14. The van der Waals surface area contributed by atoms with Gasteiger partial charge >= 0.3 is 5.97 Å². The third-order valence-electron chi connectivity index (χ3n) is 1.18. The van der Waals surface area contributed by atoms with Crippen LogP contribution in [-0.4, -0.2) is 22.5 Å². The van der Waals surface area contributed by atoms with Crippen molar-refractivity contribution < 1.29 is 14.4 Å². The fraction of sp³-hybridized carbons (Fsp3) is 0.333. The van der Waals surface area contributed by atoms with Gasteiger partial charge in [0.1, 0.15) is 6.42 Å². The van der Waals surface area contributed by atoms with Crippen molar-refractivity contribution in [1.82, 2.24) is 5.16 Å². The van der Waals surface area contributed by atoms with Gasteiger partial charge in [-0.25, -0.2) is 0 Å². The zero-order chi connectivity index (χ0) is 9.14. The van der Waals surface area contributed by atoms with E-state index in [0.717, 1.165) is 0 Å². The van der Waals surface area contributed by atoms with Gasteiger partial charge < -0.3 is 9.63 Å². The monoisotopic (exact) mass is 251 g/mol. The minimum atomic E-state index is -0.931. The molecule has 0 bridgehead atoms. The summed E-state index contributed by atoms with van der Waals surface area (Å²) in [5.74, 6) is -0.577. The topological polar surface area (TPSA) is 63.3 Å². The van der Waals surface area contributed by atoms with E-state index in [9.17, 15) is 4.79 Å². The Labute approximate surface area is 81.4 Å². The van der Waals surface area contributed by atoms with E-state index in [2.05, 4.69) is 21.1 Å². The molecule has 0 saturated carbocycles. The van der Waals surface area contributed by atoms with Crippen molar-refractivity contribution in [2.24, 2.45) is 0 Å². The molecule has 1 N–H and O–H groups in total. The molecule has 0 aliphatic rings. The van der Waals surface area contributed by atoms with Crippen molar-refractivity contribution in [3.05, 3.63) is 10.2 Å². The number of thioether (sulfide) groups is 1. The quantitative estimate of drug-likeness (QED) is 0.831. The largest absolute Gasteiger partial charge is 0.481 e. The number of hydrogen-bond donors (Lipinski definition) is 1. The van der Waals surface area contributed by atoms with Crippen LogP contribution in [0.4, 0.5) is 0 Å². The molecule has 0 radical (unpaired) electrons.